The largest absolute Gasteiger partial charge is 0.371 e. The van der Waals surface area contributed by atoms with Crippen LogP contribution in [0.25, 0.3) is 0 Å². The van der Waals surface area contributed by atoms with E-state index < -0.39 is 0 Å². The SMILES string of the molecule is Cc1ccc(C(=O)NCC2CCN(c3ccc(Cl)cc3)C2)c(=O)[nH]1. The molecule has 0 radical (unpaired) electrons. The number of aromatic amines is 1. The Bertz CT molecular complexity index is 786. The minimum atomic E-state index is -0.346. The molecule has 0 aliphatic carbocycles. The standard InChI is InChI=1S/C18H20ClN3O2/c1-12-2-7-16(18(24)21-12)17(23)20-10-13-8-9-22(11-13)15-5-3-14(19)4-6-15/h2-7,13H,8-11H2,1H3,(H,20,23)(H,21,24). The Hall–Kier alpha value is -2.27. The van der Waals surface area contributed by atoms with E-state index in [2.05, 4.69) is 15.2 Å². The minimum Gasteiger partial charge on any atom is -0.371 e. The normalized spacial score (nSPS) is 17.1. The smallest absolute Gasteiger partial charge is 0.260 e. The average molecular weight is 346 g/mol. The van der Waals surface area contributed by atoms with Crippen LogP contribution in [0.2, 0.25) is 5.02 Å². The highest BCUT2D eigenvalue weighted by molar-refractivity contribution is 6.30. The predicted molar refractivity (Wildman–Crippen MR) is 95.9 cm³/mol. The highest BCUT2D eigenvalue weighted by Crippen LogP contribution is 2.24. The van der Waals surface area contributed by atoms with Gasteiger partial charge in [0.1, 0.15) is 5.56 Å². The quantitative estimate of drug-likeness (QED) is 0.895. The number of hydrogen-bond acceptors (Lipinski definition) is 3. The summed E-state index contributed by atoms with van der Waals surface area (Å²) in [6.45, 7) is 4.18. The molecule has 1 unspecified atom stereocenters. The van der Waals surface area contributed by atoms with Crippen molar-refractivity contribution in [2.24, 2.45) is 5.92 Å². The number of nitrogens with zero attached hydrogens (tertiary/aromatic N) is 1. The van der Waals surface area contributed by atoms with Crippen molar-refractivity contribution in [3.8, 4) is 0 Å². The van der Waals surface area contributed by atoms with Crippen LogP contribution in [-0.4, -0.2) is 30.5 Å². The maximum atomic E-state index is 12.2. The summed E-state index contributed by atoms with van der Waals surface area (Å²) in [4.78, 5) is 28.9. The monoisotopic (exact) mass is 345 g/mol. The Morgan fingerprint density at radius 1 is 1.29 bits per heavy atom. The van der Waals surface area contributed by atoms with Gasteiger partial charge in [0.2, 0.25) is 0 Å². The second kappa shape index (κ2) is 7.09. The van der Waals surface area contributed by atoms with E-state index in [4.69, 9.17) is 11.6 Å². The molecule has 2 aromatic rings. The predicted octanol–water partition coefficient (Wildman–Crippen LogP) is 2.59. The van der Waals surface area contributed by atoms with E-state index in [-0.39, 0.29) is 17.0 Å². The zero-order valence-electron chi connectivity index (χ0n) is 13.5. The molecule has 2 N–H and O–H groups in total. The van der Waals surface area contributed by atoms with Gasteiger partial charge < -0.3 is 15.2 Å². The highest BCUT2D eigenvalue weighted by atomic mass is 35.5. The first kappa shape index (κ1) is 16.6. The van der Waals surface area contributed by atoms with Gasteiger partial charge in [-0.2, -0.15) is 0 Å². The number of aromatic nitrogens is 1. The van der Waals surface area contributed by atoms with Gasteiger partial charge in [-0.3, -0.25) is 9.59 Å². The maximum absolute atomic E-state index is 12.2. The fraction of sp³-hybridized carbons (Fsp3) is 0.333. The van der Waals surface area contributed by atoms with Crippen molar-refractivity contribution < 1.29 is 4.79 Å². The number of carbonyl (C=O) groups is 1. The summed E-state index contributed by atoms with van der Waals surface area (Å²) >= 11 is 5.92. The maximum Gasteiger partial charge on any atom is 0.260 e. The number of H-pyrrole nitrogens is 1. The van der Waals surface area contributed by atoms with Gasteiger partial charge in [-0.05, 0) is 55.7 Å². The lowest BCUT2D eigenvalue weighted by Crippen LogP contribution is -2.34. The fourth-order valence-corrected chi connectivity index (χ4v) is 3.09. The number of anilines is 1. The Labute approximate surface area is 145 Å². The van der Waals surface area contributed by atoms with E-state index in [9.17, 15) is 9.59 Å². The van der Waals surface area contributed by atoms with Gasteiger partial charge in [0.25, 0.3) is 11.5 Å². The molecule has 1 atom stereocenters. The molecule has 1 saturated heterocycles. The molecule has 5 nitrogen and oxygen atoms in total. The van der Waals surface area contributed by atoms with Crippen LogP contribution >= 0.6 is 11.6 Å². The molecule has 1 aliphatic heterocycles. The van der Waals surface area contributed by atoms with E-state index in [1.165, 1.54) is 0 Å². The number of halogens is 1. The van der Waals surface area contributed by atoms with Gasteiger partial charge in [0.05, 0.1) is 0 Å². The summed E-state index contributed by atoms with van der Waals surface area (Å²) in [6, 6.07) is 11.1. The number of hydrogen-bond donors (Lipinski definition) is 2. The minimum absolute atomic E-state index is 0.160. The molecule has 1 aromatic carbocycles. The number of nitrogens with one attached hydrogen (secondary N) is 2. The third-order valence-corrected chi connectivity index (χ3v) is 4.58. The molecule has 1 aliphatic rings. The van der Waals surface area contributed by atoms with Crippen LogP contribution in [0.3, 0.4) is 0 Å². The Kier molecular flexibility index (Phi) is 4.90. The van der Waals surface area contributed by atoms with Crippen LogP contribution in [-0.2, 0) is 0 Å². The molecule has 0 spiro atoms. The van der Waals surface area contributed by atoms with E-state index in [0.29, 0.717) is 12.5 Å². The molecular formula is C18H20ClN3O2. The van der Waals surface area contributed by atoms with E-state index in [0.717, 1.165) is 35.9 Å². The Balaban J connectivity index is 1.55. The summed E-state index contributed by atoms with van der Waals surface area (Å²) in [7, 11) is 0. The van der Waals surface area contributed by atoms with E-state index >= 15 is 0 Å². The van der Waals surface area contributed by atoms with Crippen LogP contribution < -0.4 is 15.8 Å². The number of rotatable bonds is 4. The van der Waals surface area contributed by atoms with Crippen molar-refractivity contribution in [1.29, 1.82) is 0 Å². The molecule has 0 bridgehead atoms. The van der Waals surface area contributed by atoms with Crippen LogP contribution in [0.5, 0.6) is 0 Å². The van der Waals surface area contributed by atoms with Gasteiger partial charge in [-0.15, -0.1) is 0 Å². The summed E-state index contributed by atoms with van der Waals surface area (Å²) in [5, 5.41) is 3.60. The highest BCUT2D eigenvalue weighted by Gasteiger charge is 2.23. The average Bonchev–Trinajstić information content (AvgIpc) is 3.02. The summed E-state index contributed by atoms with van der Waals surface area (Å²) < 4.78 is 0. The molecule has 6 heteroatoms. The van der Waals surface area contributed by atoms with Crippen molar-refractivity contribution >= 4 is 23.2 Å². The van der Waals surface area contributed by atoms with Crippen molar-refractivity contribution in [2.75, 3.05) is 24.5 Å². The van der Waals surface area contributed by atoms with Gasteiger partial charge in [-0.1, -0.05) is 11.6 Å². The first-order valence-corrected chi connectivity index (χ1v) is 8.39. The van der Waals surface area contributed by atoms with Crippen molar-refractivity contribution in [2.45, 2.75) is 13.3 Å². The number of amides is 1. The summed E-state index contributed by atoms with van der Waals surface area (Å²) in [5.74, 6) is 0.0513. The molecule has 1 fully saturated rings. The number of pyridine rings is 1. The zero-order chi connectivity index (χ0) is 17.1. The van der Waals surface area contributed by atoms with E-state index in [1.807, 2.05) is 24.3 Å². The van der Waals surface area contributed by atoms with Crippen LogP contribution in [0.4, 0.5) is 5.69 Å². The third kappa shape index (κ3) is 3.79. The van der Waals surface area contributed by atoms with Gasteiger partial charge >= 0.3 is 0 Å². The molecule has 24 heavy (non-hydrogen) atoms. The van der Waals surface area contributed by atoms with Gasteiger partial charge in [-0.25, -0.2) is 0 Å². The van der Waals surface area contributed by atoms with Gasteiger partial charge in [0.15, 0.2) is 0 Å². The number of aryl methyl sites for hydroxylation is 1. The van der Waals surface area contributed by atoms with Crippen LogP contribution in [0.1, 0.15) is 22.5 Å². The molecule has 126 valence electrons. The fourth-order valence-electron chi connectivity index (χ4n) is 2.97. The van der Waals surface area contributed by atoms with Crippen LogP contribution in [0.15, 0.2) is 41.2 Å². The molecular weight excluding hydrogens is 326 g/mol. The molecule has 1 aromatic heterocycles. The Morgan fingerprint density at radius 3 is 2.75 bits per heavy atom. The lowest BCUT2D eigenvalue weighted by atomic mass is 10.1. The van der Waals surface area contributed by atoms with Crippen molar-refractivity contribution in [1.82, 2.24) is 10.3 Å². The number of benzene rings is 1. The third-order valence-electron chi connectivity index (χ3n) is 4.33. The topological polar surface area (TPSA) is 65.2 Å². The molecule has 0 saturated carbocycles. The first-order chi connectivity index (χ1) is 11.5. The lowest BCUT2D eigenvalue weighted by molar-refractivity contribution is 0.0946. The van der Waals surface area contributed by atoms with Gasteiger partial charge in [0, 0.05) is 36.0 Å². The number of carbonyl (C=O) groups excluding carboxylic acids is 1. The summed E-state index contributed by atoms with van der Waals surface area (Å²) in [5.41, 5.74) is 1.70. The lowest BCUT2D eigenvalue weighted by Gasteiger charge is -2.19. The molecule has 2 heterocycles. The van der Waals surface area contributed by atoms with Crippen LogP contribution in [0, 0.1) is 12.8 Å². The van der Waals surface area contributed by atoms with E-state index in [1.54, 1.807) is 19.1 Å². The van der Waals surface area contributed by atoms with Crippen molar-refractivity contribution in [3.63, 3.8) is 0 Å². The first-order valence-electron chi connectivity index (χ1n) is 8.01. The summed E-state index contributed by atoms with van der Waals surface area (Å²) in [6.07, 6.45) is 1.01. The Morgan fingerprint density at radius 2 is 2.04 bits per heavy atom. The molecule has 1 amide bonds. The molecule has 3 rings (SSSR count). The second-order valence-electron chi connectivity index (χ2n) is 6.17. The zero-order valence-corrected chi connectivity index (χ0v) is 14.3. The second-order valence-corrected chi connectivity index (χ2v) is 6.61. The van der Waals surface area contributed by atoms with Crippen molar-refractivity contribution in [3.05, 3.63) is 63.0 Å².